The second-order valence-corrected chi connectivity index (χ2v) is 7.81. The van der Waals surface area contributed by atoms with Crippen LogP contribution in [0.1, 0.15) is 46.0 Å². The lowest BCUT2D eigenvalue weighted by molar-refractivity contribution is 0.423. The maximum absolute atomic E-state index is 12.7. The van der Waals surface area contributed by atoms with Crippen LogP contribution in [-0.4, -0.2) is 13.7 Å². The Balaban J connectivity index is 2.20. The van der Waals surface area contributed by atoms with Crippen LogP contribution in [-0.2, 0) is 10.1 Å². The highest BCUT2D eigenvalue weighted by Crippen LogP contribution is 2.33. The SMILES string of the molecule is CCCCC(CCC)S(=O)(=O)Oc1ccccc1Oc1ccccc1. The Morgan fingerprint density at radius 1 is 0.840 bits per heavy atom. The van der Waals surface area contributed by atoms with E-state index < -0.39 is 15.4 Å². The van der Waals surface area contributed by atoms with Crippen LogP contribution in [0.4, 0.5) is 0 Å². The summed E-state index contributed by atoms with van der Waals surface area (Å²) in [5.41, 5.74) is 0. The zero-order valence-corrected chi connectivity index (χ0v) is 15.7. The van der Waals surface area contributed by atoms with Crippen LogP contribution in [0, 0.1) is 0 Å². The van der Waals surface area contributed by atoms with Crippen LogP contribution in [0.2, 0.25) is 0 Å². The predicted molar refractivity (Wildman–Crippen MR) is 101 cm³/mol. The minimum absolute atomic E-state index is 0.226. The van der Waals surface area contributed by atoms with E-state index in [0.29, 0.717) is 24.3 Å². The van der Waals surface area contributed by atoms with Gasteiger partial charge in [0, 0.05) is 0 Å². The van der Waals surface area contributed by atoms with Crippen LogP contribution < -0.4 is 8.92 Å². The van der Waals surface area contributed by atoms with Gasteiger partial charge in [0.25, 0.3) is 0 Å². The summed E-state index contributed by atoms with van der Waals surface area (Å²) in [5.74, 6) is 1.25. The van der Waals surface area contributed by atoms with Gasteiger partial charge in [-0.1, -0.05) is 63.4 Å². The molecule has 0 spiro atoms. The minimum atomic E-state index is -3.70. The molecule has 0 aliphatic heterocycles. The van der Waals surface area contributed by atoms with E-state index >= 15 is 0 Å². The fourth-order valence-corrected chi connectivity index (χ4v) is 4.10. The first-order valence-electron chi connectivity index (χ1n) is 8.82. The first-order valence-corrected chi connectivity index (χ1v) is 10.3. The predicted octanol–water partition coefficient (Wildman–Crippen LogP) is 5.55. The standard InChI is InChI=1S/C20H26O4S/c1-3-5-14-18(11-4-2)25(21,22)24-20-16-10-9-15-19(20)23-17-12-7-6-8-13-17/h6-10,12-13,15-16,18H,3-5,11,14H2,1-2H3. The molecule has 0 saturated heterocycles. The van der Waals surface area contributed by atoms with Gasteiger partial charge in [0.1, 0.15) is 5.75 Å². The number of ether oxygens (including phenoxy) is 1. The van der Waals surface area contributed by atoms with E-state index in [1.165, 1.54) is 0 Å². The topological polar surface area (TPSA) is 52.6 Å². The Bertz CT molecular complexity index is 741. The van der Waals surface area contributed by atoms with E-state index in [4.69, 9.17) is 8.92 Å². The van der Waals surface area contributed by atoms with Crippen molar-refractivity contribution in [1.82, 2.24) is 0 Å². The van der Waals surface area contributed by atoms with E-state index in [1.54, 1.807) is 24.3 Å². The zero-order valence-electron chi connectivity index (χ0n) is 14.9. The number of unbranched alkanes of at least 4 members (excludes halogenated alkanes) is 1. The van der Waals surface area contributed by atoms with Gasteiger partial charge < -0.3 is 8.92 Å². The van der Waals surface area contributed by atoms with Crippen molar-refractivity contribution in [1.29, 1.82) is 0 Å². The summed E-state index contributed by atoms with van der Waals surface area (Å²) in [4.78, 5) is 0. The molecule has 1 atom stereocenters. The molecule has 4 nitrogen and oxygen atoms in total. The highest BCUT2D eigenvalue weighted by Gasteiger charge is 2.27. The Hall–Kier alpha value is -2.01. The summed E-state index contributed by atoms with van der Waals surface area (Å²) < 4.78 is 36.7. The number of hydrogen-bond acceptors (Lipinski definition) is 4. The van der Waals surface area contributed by atoms with Crippen molar-refractivity contribution < 1.29 is 17.3 Å². The molecule has 136 valence electrons. The molecule has 0 fully saturated rings. The molecule has 0 aromatic heterocycles. The van der Waals surface area contributed by atoms with E-state index in [0.717, 1.165) is 19.3 Å². The number of hydrogen-bond donors (Lipinski definition) is 0. The molecule has 0 amide bonds. The van der Waals surface area contributed by atoms with Crippen molar-refractivity contribution in [3.05, 3.63) is 54.6 Å². The Kier molecular flexibility index (Phi) is 7.31. The number of rotatable bonds is 10. The van der Waals surface area contributed by atoms with Crippen LogP contribution >= 0.6 is 0 Å². The third-order valence-electron chi connectivity index (χ3n) is 3.92. The lowest BCUT2D eigenvalue weighted by atomic mass is 10.1. The summed E-state index contributed by atoms with van der Waals surface area (Å²) in [6, 6.07) is 16.1. The lowest BCUT2D eigenvalue weighted by Crippen LogP contribution is -2.26. The molecule has 2 aromatic rings. The van der Waals surface area contributed by atoms with Gasteiger partial charge in [0.15, 0.2) is 11.5 Å². The summed E-state index contributed by atoms with van der Waals surface area (Å²) in [7, 11) is -3.70. The fourth-order valence-electron chi connectivity index (χ4n) is 2.60. The summed E-state index contributed by atoms with van der Waals surface area (Å²) >= 11 is 0. The molecule has 0 saturated carbocycles. The third kappa shape index (κ3) is 5.78. The maximum atomic E-state index is 12.7. The molecule has 1 unspecified atom stereocenters. The third-order valence-corrected chi connectivity index (χ3v) is 5.62. The van der Waals surface area contributed by atoms with Crippen molar-refractivity contribution >= 4 is 10.1 Å². The van der Waals surface area contributed by atoms with E-state index in [-0.39, 0.29) is 5.75 Å². The molecule has 25 heavy (non-hydrogen) atoms. The van der Waals surface area contributed by atoms with Gasteiger partial charge in [-0.15, -0.1) is 0 Å². The second-order valence-electron chi connectivity index (χ2n) is 5.99. The van der Waals surface area contributed by atoms with Crippen molar-refractivity contribution in [2.45, 2.75) is 51.2 Å². The first-order chi connectivity index (χ1) is 12.1. The van der Waals surface area contributed by atoms with Gasteiger partial charge in [-0.05, 0) is 37.1 Å². The normalized spacial score (nSPS) is 12.6. The highest BCUT2D eigenvalue weighted by atomic mass is 32.2. The molecule has 2 aromatic carbocycles. The number of benzene rings is 2. The van der Waals surface area contributed by atoms with Crippen molar-refractivity contribution in [2.24, 2.45) is 0 Å². The molecular formula is C20H26O4S. The molecule has 0 aliphatic rings. The summed E-state index contributed by atoms with van der Waals surface area (Å²) in [6.45, 7) is 4.04. The first kappa shape index (κ1) is 19.3. The molecule has 0 heterocycles. The fraction of sp³-hybridized carbons (Fsp3) is 0.400. The van der Waals surface area contributed by atoms with Gasteiger partial charge in [-0.3, -0.25) is 0 Å². The van der Waals surface area contributed by atoms with Gasteiger partial charge in [0.2, 0.25) is 0 Å². The molecule has 0 N–H and O–H groups in total. The van der Waals surface area contributed by atoms with Crippen molar-refractivity contribution in [3.8, 4) is 17.2 Å². The smallest absolute Gasteiger partial charge is 0.312 e. The summed E-state index contributed by atoms with van der Waals surface area (Å²) in [6.07, 6.45) is 3.86. The Morgan fingerprint density at radius 3 is 2.12 bits per heavy atom. The lowest BCUT2D eigenvalue weighted by Gasteiger charge is -2.18. The molecule has 2 rings (SSSR count). The Labute approximate surface area is 150 Å². The summed E-state index contributed by atoms with van der Waals surface area (Å²) in [5, 5.41) is -0.484. The maximum Gasteiger partial charge on any atom is 0.312 e. The van der Waals surface area contributed by atoms with Gasteiger partial charge in [-0.2, -0.15) is 8.42 Å². The van der Waals surface area contributed by atoms with Crippen LogP contribution in [0.5, 0.6) is 17.2 Å². The minimum Gasteiger partial charge on any atom is -0.453 e. The highest BCUT2D eigenvalue weighted by molar-refractivity contribution is 7.87. The average Bonchev–Trinajstić information content (AvgIpc) is 2.61. The monoisotopic (exact) mass is 362 g/mol. The van der Waals surface area contributed by atoms with Crippen molar-refractivity contribution in [2.75, 3.05) is 0 Å². The molecular weight excluding hydrogens is 336 g/mol. The van der Waals surface area contributed by atoms with Gasteiger partial charge in [0.05, 0.1) is 5.25 Å². The van der Waals surface area contributed by atoms with Crippen molar-refractivity contribution in [3.63, 3.8) is 0 Å². The van der Waals surface area contributed by atoms with Gasteiger partial charge >= 0.3 is 10.1 Å². The molecule has 5 heteroatoms. The van der Waals surface area contributed by atoms with E-state index in [9.17, 15) is 8.42 Å². The molecule has 0 aliphatic carbocycles. The average molecular weight is 362 g/mol. The van der Waals surface area contributed by atoms with E-state index in [1.807, 2.05) is 37.3 Å². The van der Waals surface area contributed by atoms with Gasteiger partial charge in [-0.25, -0.2) is 0 Å². The zero-order chi connectivity index (χ0) is 18.1. The van der Waals surface area contributed by atoms with Crippen LogP contribution in [0.25, 0.3) is 0 Å². The van der Waals surface area contributed by atoms with Crippen LogP contribution in [0.15, 0.2) is 54.6 Å². The Morgan fingerprint density at radius 2 is 1.48 bits per heavy atom. The van der Waals surface area contributed by atoms with E-state index in [2.05, 4.69) is 6.92 Å². The quantitative estimate of drug-likeness (QED) is 0.520. The number of para-hydroxylation sites is 3. The second kappa shape index (κ2) is 9.47. The van der Waals surface area contributed by atoms with Crippen LogP contribution in [0.3, 0.4) is 0 Å². The molecule has 0 bridgehead atoms. The largest absolute Gasteiger partial charge is 0.453 e. The molecule has 0 radical (unpaired) electrons.